The molecule has 6 nitrogen and oxygen atoms in total. The van der Waals surface area contributed by atoms with Gasteiger partial charge in [-0.25, -0.2) is 0 Å². The standard InChI is InChI=1S/C22H32N2O4/c1-15(2)24(16(3)4)21(25)14-23-9-7-17(8-10-23)22(26)18-5-6-19-20(13-18)28-12-11-27-19/h5-6,13,15-17H,7-12,14H2,1-4H3. The highest BCUT2D eigenvalue weighted by Crippen LogP contribution is 2.32. The van der Waals surface area contributed by atoms with E-state index in [0.29, 0.717) is 36.8 Å². The maximum absolute atomic E-state index is 12.9. The summed E-state index contributed by atoms with van der Waals surface area (Å²) in [6, 6.07) is 5.84. The molecule has 1 aromatic carbocycles. The lowest BCUT2D eigenvalue weighted by Crippen LogP contribution is -2.48. The number of hydrogen-bond donors (Lipinski definition) is 0. The van der Waals surface area contributed by atoms with Crippen molar-refractivity contribution in [2.75, 3.05) is 32.8 Å². The average molecular weight is 389 g/mol. The lowest BCUT2D eigenvalue weighted by Gasteiger charge is -2.35. The quantitative estimate of drug-likeness (QED) is 0.701. The third-order valence-electron chi connectivity index (χ3n) is 5.54. The summed E-state index contributed by atoms with van der Waals surface area (Å²) in [4.78, 5) is 29.7. The summed E-state index contributed by atoms with van der Waals surface area (Å²) in [5.74, 6) is 1.69. The Morgan fingerprint density at radius 3 is 2.25 bits per heavy atom. The van der Waals surface area contributed by atoms with E-state index in [1.165, 1.54) is 0 Å². The van der Waals surface area contributed by atoms with Crippen LogP contribution in [-0.2, 0) is 4.79 Å². The van der Waals surface area contributed by atoms with E-state index in [2.05, 4.69) is 32.6 Å². The zero-order valence-corrected chi connectivity index (χ0v) is 17.4. The Bertz CT molecular complexity index is 700. The van der Waals surface area contributed by atoms with Crippen LogP contribution in [0.2, 0.25) is 0 Å². The van der Waals surface area contributed by atoms with Gasteiger partial charge in [0.25, 0.3) is 0 Å². The smallest absolute Gasteiger partial charge is 0.237 e. The van der Waals surface area contributed by atoms with E-state index in [1.54, 1.807) is 6.07 Å². The van der Waals surface area contributed by atoms with Crippen LogP contribution in [0.4, 0.5) is 0 Å². The molecule has 1 amide bonds. The predicted octanol–water partition coefficient (Wildman–Crippen LogP) is 3.00. The molecule has 0 aliphatic carbocycles. The number of carbonyl (C=O) groups is 2. The zero-order valence-electron chi connectivity index (χ0n) is 17.4. The van der Waals surface area contributed by atoms with Gasteiger partial charge < -0.3 is 14.4 Å². The zero-order chi connectivity index (χ0) is 20.3. The molecule has 2 heterocycles. The molecule has 28 heavy (non-hydrogen) atoms. The molecule has 0 aromatic heterocycles. The van der Waals surface area contributed by atoms with E-state index in [1.807, 2.05) is 17.0 Å². The topological polar surface area (TPSA) is 59.1 Å². The number of amides is 1. The van der Waals surface area contributed by atoms with Gasteiger partial charge in [0, 0.05) is 23.6 Å². The van der Waals surface area contributed by atoms with E-state index in [-0.39, 0.29) is 29.7 Å². The fraction of sp³-hybridized carbons (Fsp3) is 0.636. The molecule has 154 valence electrons. The van der Waals surface area contributed by atoms with Crippen molar-refractivity contribution in [3.05, 3.63) is 23.8 Å². The van der Waals surface area contributed by atoms with Gasteiger partial charge in [-0.15, -0.1) is 0 Å². The number of fused-ring (bicyclic) bond motifs is 1. The van der Waals surface area contributed by atoms with Gasteiger partial charge >= 0.3 is 0 Å². The van der Waals surface area contributed by atoms with E-state index in [0.717, 1.165) is 25.9 Å². The molecule has 3 rings (SSSR count). The summed E-state index contributed by atoms with van der Waals surface area (Å²) < 4.78 is 11.1. The SMILES string of the molecule is CC(C)N(C(=O)CN1CCC(C(=O)c2ccc3c(c2)OCCO3)CC1)C(C)C. The molecule has 0 bridgehead atoms. The minimum atomic E-state index is 0.000196. The first kappa shape index (κ1) is 20.6. The molecule has 1 fully saturated rings. The molecule has 0 N–H and O–H groups in total. The molecule has 0 radical (unpaired) electrons. The third-order valence-corrected chi connectivity index (χ3v) is 5.54. The van der Waals surface area contributed by atoms with Crippen molar-refractivity contribution < 1.29 is 19.1 Å². The normalized spacial score (nSPS) is 17.8. The summed E-state index contributed by atoms with van der Waals surface area (Å²) in [6.07, 6.45) is 1.56. The average Bonchev–Trinajstić information content (AvgIpc) is 2.67. The molecular weight excluding hydrogens is 356 g/mol. The van der Waals surface area contributed by atoms with Crippen molar-refractivity contribution >= 4 is 11.7 Å². The van der Waals surface area contributed by atoms with Gasteiger partial charge in [-0.2, -0.15) is 0 Å². The molecule has 1 saturated heterocycles. The fourth-order valence-electron chi connectivity index (χ4n) is 4.23. The van der Waals surface area contributed by atoms with Crippen molar-refractivity contribution in [3.63, 3.8) is 0 Å². The Labute approximate surface area is 167 Å². The number of piperidine rings is 1. The number of ether oxygens (including phenoxy) is 2. The summed E-state index contributed by atoms with van der Waals surface area (Å²) >= 11 is 0. The van der Waals surface area contributed by atoms with E-state index in [9.17, 15) is 9.59 Å². The van der Waals surface area contributed by atoms with Gasteiger partial charge in [0.05, 0.1) is 6.54 Å². The summed E-state index contributed by atoms with van der Waals surface area (Å²) in [5, 5.41) is 0. The van der Waals surface area contributed by atoms with Crippen LogP contribution in [-0.4, -0.2) is 66.4 Å². The van der Waals surface area contributed by atoms with Crippen LogP contribution in [0, 0.1) is 5.92 Å². The third kappa shape index (κ3) is 4.66. The number of Topliss-reactive ketones (excluding diaryl/α,β-unsaturated/α-hetero) is 1. The molecule has 0 saturated carbocycles. The van der Waals surface area contributed by atoms with Crippen molar-refractivity contribution in [1.82, 2.24) is 9.80 Å². The van der Waals surface area contributed by atoms with Crippen LogP contribution in [0.3, 0.4) is 0 Å². The summed E-state index contributed by atoms with van der Waals surface area (Å²) in [6.45, 7) is 11.2. The van der Waals surface area contributed by atoms with Gasteiger partial charge in [0.1, 0.15) is 13.2 Å². The first-order valence-corrected chi connectivity index (χ1v) is 10.3. The molecular formula is C22H32N2O4. The minimum absolute atomic E-state index is 0.000196. The largest absolute Gasteiger partial charge is 0.486 e. The summed E-state index contributed by atoms with van der Waals surface area (Å²) in [7, 11) is 0. The number of likely N-dealkylation sites (tertiary alicyclic amines) is 1. The maximum atomic E-state index is 12.9. The van der Waals surface area contributed by atoms with Crippen LogP contribution in [0.25, 0.3) is 0 Å². The molecule has 0 unspecified atom stereocenters. The molecule has 0 spiro atoms. The monoisotopic (exact) mass is 388 g/mol. The van der Waals surface area contributed by atoms with Crippen LogP contribution in [0.5, 0.6) is 11.5 Å². The van der Waals surface area contributed by atoms with E-state index >= 15 is 0 Å². The molecule has 0 atom stereocenters. The number of ketones is 1. The lowest BCUT2D eigenvalue weighted by atomic mass is 9.88. The number of benzene rings is 1. The number of carbonyl (C=O) groups excluding carboxylic acids is 2. The highest BCUT2D eigenvalue weighted by atomic mass is 16.6. The van der Waals surface area contributed by atoms with E-state index in [4.69, 9.17) is 9.47 Å². The highest BCUT2D eigenvalue weighted by molar-refractivity contribution is 5.98. The minimum Gasteiger partial charge on any atom is -0.486 e. The van der Waals surface area contributed by atoms with E-state index < -0.39 is 0 Å². The van der Waals surface area contributed by atoms with Crippen LogP contribution >= 0.6 is 0 Å². The second kappa shape index (κ2) is 8.95. The number of nitrogens with zero attached hydrogens (tertiary/aromatic N) is 2. The lowest BCUT2D eigenvalue weighted by molar-refractivity contribution is -0.136. The van der Waals surface area contributed by atoms with Gasteiger partial charge in [-0.3, -0.25) is 14.5 Å². The Kier molecular flexibility index (Phi) is 6.60. The maximum Gasteiger partial charge on any atom is 0.237 e. The van der Waals surface area contributed by atoms with Crippen molar-refractivity contribution in [2.45, 2.75) is 52.6 Å². The molecule has 6 heteroatoms. The highest BCUT2D eigenvalue weighted by Gasteiger charge is 2.29. The molecule has 2 aliphatic rings. The van der Waals surface area contributed by atoms with Crippen molar-refractivity contribution in [1.29, 1.82) is 0 Å². The van der Waals surface area contributed by atoms with Gasteiger partial charge in [0.15, 0.2) is 17.3 Å². The molecule has 2 aliphatic heterocycles. The predicted molar refractivity (Wildman–Crippen MR) is 108 cm³/mol. The van der Waals surface area contributed by atoms with Gasteiger partial charge in [-0.05, 0) is 71.8 Å². The second-order valence-electron chi connectivity index (χ2n) is 8.26. The molecule has 1 aromatic rings. The van der Waals surface area contributed by atoms with Crippen molar-refractivity contribution in [3.8, 4) is 11.5 Å². The first-order valence-electron chi connectivity index (χ1n) is 10.3. The number of hydrogen-bond acceptors (Lipinski definition) is 5. The number of rotatable bonds is 6. The van der Waals surface area contributed by atoms with Crippen LogP contribution in [0.1, 0.15) is 50.9 Å². The van der Waals surface area contributed by atoms with Gasteiger partial charge in [0.2, 0.25) is 5.91 Å². The van der Waals surface area contributed by atoms with Gasteiger partial charge in [-0.1, -0.05) is 0 Å². The fourth-order valence-corrected chi connectivity index (χ4v) is 4.23. The van der Waals surface area contributed by atoms with Crippen molar-refractivity contribution in [2.24, 2.45) is 5.92 Å². The van der Waals surface area contributed by atoms with Crippen LogP contribution in [0.15, 0.2) is 18.2 Å². The Hall–Kier alpha value is -2.08. The first-order chi connectivity index (χ1) is 13.4. The second-order valence-corrected chi connectivity index (χ2v) is 8.26. The Morgan fingerprint density at radius 1 is 1.04 bits per heavy atom. The Balaban J connectivity index is 1.55. The van der Waals surface area contributed by atoms with Crippen LogP contribution < -0.4 is 9.47 Å². The summed E-state index contributed by atoms with van der Waals surface area (Å²) in [5.41, 5.74) is 0.685. The Morgan fingerprint density at radius 2 is 1.64 bits per heavy atom.